The number of ether oxygens (including phenoxy) is 1. The highest BCUT2D eigenvalue weighted by Crippen LogP contribution is 2.27. The van der Waals surface area contributed by atoms with Crippen LogP contribution in [0.3, 0.4) is 0 Å². The number of amides is 1. The summed E-state index contributed by atoms with van der Waals surface area (Å²) in [6.45, 7) is 5.51. The molecule has 0 radical (unpaired) electrons. The number of para-hydroxylation sites is 1. The standard InChI is InChI=1S/C25H25N5O5S3/c1-4-35-23(32)22-17(3)26-24(37-22)27-21(31)14-36-25-29-28-20(30(25)18-8-6-5-7-9-18)15-38(33,34)19-12-10-16(2)11-13-19/h5-13H,4,14-15H2,1-3H3,(H,26,27,31). The summed E-state index contributed by atoms with van der Waals surface area (Å²) in [6, 6.07) is 15.7. The normalized spacial score (nSPS) is 11.3. The Labute approximate surface area is 228 Å². The first-order valence-corrected chi connectivity index (χ1v) is 15.0. The molecule has 0 bridgehead atoms. The van der Waals surface area contributed by atoms with E-state index in [9.17, 15) is 18.0 Å². The molecule has 0 aliphatic heterocycles. The molecule has 0 fully saturated rings. The molecule has 2 aromatic carbocycles. The van der Waals surface area contributed by atoms with Gasteiger partial charge >= 0.3 is 5.97 Å². The third-order valence-electron chi connectivity index (χ3n) is 5.25. The molecular formula is C25H25N5O5S3. The van der Waals surface area contributed by atoms with Crippen molar-refractivity contribution in [2.75, 3.05) is 17.7 Å². The topological polar surface area (TPSA) is 133 Å². The fourth-order valence-corrected chi connectivity index (χ4v) is 6.34. The molecule has 0 aliphatic rings. The number of carbonyl (C=O) groups is 2. The summed E-state index contributed by atoms with van der Waals surface area (Å²) in [5.41, 5.74) is 2.10. The van der Waals surface area contributed by atoms with Gasteiger partial charge in [0.1, 0.15) is 10.6 Å². The molecule has 0 atom stereocenters. The monoisotopic (exact) mass is 571 g/mol. The first-order valence-electron chi connectivity index (χ1n) is 11.5. The van der Waals surface area contributed by atoms with Gasteiger partial charge in [-0.05, 0) is 45.0 Å². The molecule has 198 valence electrons. The average molecular weight is 572 g/mol. The summed E-state index contributed by atoms with van der Waals surface area (Å²) in [5, 5.41) is 11.7. The van der Waals surface area contributed by atoms with Crippen LogP contribution in [0, 0.1) is 13.8 Å². The molecule has 38 heavy (non-hydrogen) atoms. The highest BCUT2D eigenvalue weighted by molar-refractivity contribution is 7.99. The van der Waals surface area contributed by atoms with Crippen molar-refractivity contribution in [3.8, 4) is 5.69 Å². The molecule has 0 spiro atoms. The fraction of sp³-hybridized carbons (Fsp3) is 0.240. The van der Waals surface area contributed by atoms with Crippen LogP contribution in [0.2, 0.25) is 0 Å². The number of esters is 1. The lowest BCUT2D eigenvalue weighted by Crippen LogP contribution is -2.15. The first kappa shape index (κ1) is 27.5. The lowest BCUT2D eigenvalue weighted by Gasteiger charge is -2.11. The molecule has 0 saturated heterocycles. The number of nitrogens with zero attached hydrogens (tertiary/aromatic N) is 4. The van der Waals surface area contributed by atoms with Crippen molar-refractivity contribution in [1.29, 1.82) is 0 Å². The first-order chi connectivity index (χ1) is 18.2. The van der Waals surface area contributed by atoms with Gasteiger partial charge in [-0.25, -0.2) is 18.2 Å². The molecule has 0 aliphatic carbocycles. The van der Waals surface area contributed by atoms with Gasteiger partial charge in [0.25, 0.3) is 0 Å². The lowest BCUT2D eigenvalue weighted by molar-refractivity contribution is -0.113. The zero-order chi connectivity index (χ0) is 27.3. The maximum atomic E-state index is 13.1. The van der Waals surface area contributed by atoms with E-state index < -0.39 is 15.8 Å². The number of aryl methyl sites for hydroxylation is 2. The molecular weight excluding hydrogens is 547 g/mol. The van der Waals surface area contributed by atoms with E-state index in [1.165, 1.54) is 0 Å². The summed E-state index contributed by atoms with van der Waals surface area (Å²) in [4.78, 5) is 29.4. The van der Waals surface area contributed by atoms with Crippen LogP contribution in [0.4, 0.5) is 5.13 Å². The second-order valence-corrected chi connectivity index (χ2v) is 12.1. The predicted octanol–water partition coefficient (Wildman–Crippen LogP) is 4.22. The van der Waals surface area contributed by atoms with Crippen molar-refractivity contribution in [1.82, 2.24) is 19.7 Å². The van der Waals surface area contributed by atoms with Crippen LogP contribution in [0.15, 0.2) is 64.6 Å². The summed E-state index contributed by atoms with van der Waals surface area (Å²) < 4.78 is 32.9. The molecule has 0 saturated carbocycles. The highest BCUT2D eigenvalue weighted by Gasteiger charge is 2.23. The van der Waals surface area contributed by atoms with Crippen LogP contribution in [0.1, 0.15) is 33.7 Å². The van der Waals surface area contributed by atoms with Gasteiger partial charge in [0, 0.05) is 5.69 Å². The van der Waals surface area contributed by atoms with Gasteiger partial charge < -0.3 is 10.1 Å². The minimum absolute atomic E-state index is 0.0386. The number of hydrogen-bond acceptors (Lipinski definition) is 10. The Morgan fingerprint density at radius 3 is 2.45 bits per heavy atom. The number of nitrogens with one attached hydrogen (secondary N) is 1. The minimum atomic E-state index is -3.69. The summed E-state index contributed by atoms with van der Waals surface area (Å²) in [5.74, 6) is -1.02. The smallest absolute Gasteiger partial charge is 0.350 e. The van der Waals surface area contributed by atoms with Gasteiger partial charge in [-0.3, -0.25) is 9.36 Å². The molecule has 2 heterocycles. The van der Waals surface area contributed by atoms with Gasteiger partial charge in [0.05, 0.1) is 22.9 Å². The lowest BCUT2D eigenvalue weighted by atomic mass is 10.2. The summed E-state index contributed by atoms with van der Waals surface area (Å²) in [7, 11) is -3.69. The third-order valence-corrected chi connectivity index (χ3v) is 8.86. The van der Waals surface area contributed by atoms with Gasteiger partial charge in [-0.1, -0.05) is 59.0 Å². The Hall–Kier alpha value is -3.55. The Morgan fingerprint density at radius 1 is 1.05 bits per heavy atom. The third kappa shape index (κ3) is 6.47. The minimum Gasteiger partial charge on any atom is -0.462 e. The van der Waals surface area contributed by atoms with E-state index in [0.717, 1.165) is 28.7 Å². The van der Waals surface area contributed by atoms with E-state index in [-0.39, 0.29) is 39.9 Å². The van der Waals surface area contributed by atoms with Gasteiger partial charge in [0.2, 0.25) is 5.91 Å². The van der Waals surface area contributed by atoms with Crippen molar-refractivity contribution >= 4 is 49.9 Å². The molecule has 4 aromatic rings. The zero-order valence-corrected chi connectivity index (χ0v) is 23.3. The number of carbonyl (C=O) groups excluding carboxylic acids is 2. The second kappa shape index (κ2) is 11.9. The number of anilines is 1. The largest absolute Gasteiger partial charge is 0.462 e. The highest BCUT2D eigenvalue weighted by atomic mass is 32.2. The Balaban J connectivity index is 1.52. The average Bonchev–Trinajstić information content (AvgIpc) is 3.45. The number of benzene rings is 2. The van der Waals surface area contributed by atoms with Crippen molar-refractivity contribution in [2.24, 2.45) is 0 Å². The van der Waals surface area contributed by atoms with Crippen molar-refractivity contribution < 1.29 is 22.7 Å². The van der Waals surface area contributed by atoms with E-state index in [2.05, 4.69) is 20.5 Å². The zero-order valence-electron chi connectivity index (χ0n) is 20.9. The van der Waals surface area contributed by atoms with E-state index in [1.807, 2.05) is 37.3 Å². The second-order valence-electron chi connectivity index (χ2n) is 8.13. The van der Waals surface area contributed by atoms with Gasteiger partial charge in [-0.2, -0.15) is 0 Å². The van der Waals surface area contributed by atoms with Crippen LogP contribution in [0.25, 0.3) is 5.69 Å². The Morgan fingerprint density at radius 2 is 1.76 bits per heavy atom. The van der Waals surface area contributed by atoms with Crippen molar-refractivity contribution in [2.45, 2.75) is 36.6 Å². The number of thioether (sulfide) groups is 1. The van der Waals surface area contributed by atoms with Crippen LogP contribution in [-0.4, -0.2) is 52.4 Å². The molecule has 10 nitrogen and oxygen atoms in total. The molecule has 13 heteroatoms. The van der Waals surface area contributed by atoms with Gasteiger partial charge in [0.15, 0.2) is 25.9 Å². The maximum Gasteiger partial charge on any atom is 0.350 e. The van der Waals surface area contributed by atoms with E-state index in [0.29, 0.717) is 21.4 Å². The number of sulfone groups is 1. The Bertz CT molecular complexity index is 1550. The molecule has 0 unspecified atom stereocenters. The van der Waals surface area contributed by atoms with Crippen LogP contribution >= 0.6 is 23.1 Å². The molecule has 1 N–H and O–H groups in total. The fourth-order valence-electron chi connectivity index (χ4n) is 3.44. The molecule has 4 rings (SSSR count). The van der Waals surface area contributed by atoms with Gasteiger partial charge in [-0.15, -0.1) is 10.2 Å². The van der Waals surface area contributed by atoms with E-state index in [4.69, 9.17) is 4.74 Å². The molecule has 2 aromatic heterocycles. The number of thiazole rings is 1. The van der Waals surface area contributed by atoms with Crippen LogP contribution < -0.4 is 5.32 Å². The van der Waals surface area contributed by atoms with E-state index in [1.54, 1.807) is 42.7 Å². The number of aromatic nitrogens is 4. The Kier molecular flexibility index (Phi) is 8.59. The maximum absolute atomic E-state index is 13.1. The number of rotatable bonds is 10. The SMILES string of the molecule is CCOC(=O)c1sc(NC(=O)CSc2nnc(CS(=O)(=O)c3ccc(C)cc3)n2-c2ccccc2)nc1C. The quantitative estimate of drug-likeness (QED) is 0.219. The molecule has 1 amide bonds. The summed E-state index contributed by atoms with van der Waals surface area (Å²) in [6.07, 6.45) is 0. The number of hydrogen-bond donors (Lipinski definition) is 1. The van der Waals surface area contributed by atoms with Crippen molar-refractivity contribution in [3.63, 3.8) is 0 Å². The predicted molar refractivity (Wildman–Crippen MR) is 146 cm³/mol. The van der Waals surface area contributed by atoms with Crippen molar-refractivity contribution in [3.05, 3.63) is 76.6 Å². The van der Waals surface area contributed by atoms with Crippen LogP contribution in [0.5, 0.6) is 0 Å². The summed E-state index contributed by atoms with van der Waals surface area (Å²) >= 11 is 2.15. The van der Waals surface area contributed by atoms with Crippen LogP contribution in [-0.2, 0) is 25.1 Å². The van der Waals surface area contributed by atoms with E-state index >= 15 is 0 Å².